The van der Waals surface area contributed by atoms with Crippen molar-refractivity contribution in [3.05, 3.63) is 52.8 Å². The Balaban J connectivity index is 2.13. The predicted octanol–water partition coefficient (Wildman–Crippen LogP) is 1.45. The molecule has 3 rings (SSSR count). The molecule has 3 N–H and O–H groups in total. The average molecular weight is 338 g/mol. The molecule has 0 unspecified atom stereocenters. The van der Waals surface area contributed by atoms with Gasteiger partial charge in [-0.2, -0.15) is 0 Å². The molecule has 0 radical (unpaired) electrons. The summed E-state index contributed by atoms with van der Waals surface area (Å²) in [6, 6.07) is 11.9. The molecule has 128 valence electrons. The van der Waals surface area contributed by atoms with Crippen LogP contribution in [0, 0.1) is 0 Å². The van der Waals surface area contributed by atoms with Gasteiger partial charge in [0.1, 0.15) is 11.6 Å². The Morgan fingerprint density at radius 1 is 1.20 bits per heavy atom. The molecule has 0 saturated carbocycles. The van der Waals surface area contributed by atoms with Crippen LogP contribution >= 0.6 is 0 Å². The zero-order valence-electron chi connectivity index (χ0n) is 13.9. The number of unbranched alkanes of at least 4 members (excludes halogenated alkanes) is 1. The molecule has 3 aromatic rings. The fourth-order valence-electron chi connectivity index (χ4n) is 2.56. The molecule has 0 aliphatic carbocycles. The van der Waals surface area contributed by atoms with Gasteiger partial charge in [0.2, 0.25) is 0 Å². The summed E-state index contributed by atoms with van der Waals surface area (Å²) in [4.78, 5) is 19.6. The van der Waals surface area contributed by atoms with Crippen LogP contribution < -0.4 is 15.8 Å². The Labute approximate surface area is 145 Å². The highest BCUT2D eigenvalue weighted by molar-refractivity contribution is 6.58. The Kier molecular flexibility index (Phi) is 5.16. The van der Waals surface area contributed by atoms with Crippen LogP contribution in [0.3, 0.4) is 0 Å². The first-order chi connectivity index (χ1) is 12.1. The number of fused-ring (bicyclic) bond motifs is 1. The van der Waals surface area contributed by atoms with Crippen molar-refractivity contribution < 1.29 is 14.8 Å². The minimum Gasteiger partial charge on any atom is -0.493 e. The topological polar surface area (TPSA) is 95.4 Å². The second kappa shape index (κ2) is 7.50. The first-order valence-electron chi connectivity index (χ1n) is 8.22. The van der Waals surface area contributed by atoms with Crippen LogP contribution in [0.4, 0.5) is 0 Å². The van der Waals surface area contributed by atoms with E-state index in [-0.39, 0.29) is 5.56 Å². The van der Waals surface area contributed by atoms with Crippen molar-refractivity contribution in [2.75, 3.05) is 6.61 Å². The molecule has 0 amide bonds. The van der Waals surface area contributed by atoms with Crippen molar-refractivity contribution in [1.29, 1.82) is 0 Å². The largest absolute Gasteiger partial charge is 0.493 e. The van der Waals surface area contributed by atoms with Gasteiger partial charge in [0.15, 0.2) is 0 Å². The number of aromatic amines is 1. The highest BCUT2D eigenvalue weighted by Gasteiger charge is 2.17. The average Bonchev–Trinajstić information content (AvgIpc) is 2.62. The molecule has 1 heterocycles. The first-order valence-corrected chi connectivity index (χ1v) is 8.22. The maximum absolute atomic E-state index is 12.3. The smallest absolute Gasteiger partial charge is 0.488 e. The Morgan fingerprint density at radius 2 is 2.00 bits per heavy atom. The number of hydrogen-bond donors (Lipinski definition) is 3. The molecule has 1 aromatic heterocycles. The third kappa shape index (κ3) is 3.73. The van der Waals surface area contributed by atoms with Crippen LogP contribution in [0.1, 0.15) is 19.8 Å². The van der Waals surface area contributed by atoms with Gasteiger partial charge in [-0.3, -0.25) is 4.79 Å². The van der Waals surface area contributed by atoms with Crippen LogP contribution in [0.15, 0.2) is 47.3 Å². The Bertz CT molecular complexity index is 940. The van der Waals surface area contributed by atoms with Crippen molar-refractivity contribution in [2.45, 2.75) is 19.8 Å². The summed E-state index contributed by atoms with van der Waals surface area (Å²) >= 11 is 0. The van der Waals surface area contributed by atoms with Gasteiger partial charge in [-0.05, 0) is 36.1 Å². The quantitative estimate of drug-likeness (QED) is 0.467. The number of hydrogen-bond acceptors (Lipinski definition) is 5. The van der Waals surface area contributed by atoms with Gasteiger partial charge in [0, 0.05) is 0 Å². The monoisotopic (exact) mass is 338 g/mol. The maximum Gasteiger partial charge on any atom is 0.488 e. The van der Waals surface area contributed by atoms with Gasteiger partial charge >= 0.3 is 7.12 Å². The number of nitrogens with zero attached hydrogens (tertiary/aromatic N) is 1. The summed E-state index contributed by atoms with van der Waals surface area (Å²) < 4.78 is 5.79. The molecule has 0 atom stereocenters. The fourth-order valence-corrected chi connectivity index (χ4v) is 2.56. The minimum absolute atomic E-state index is 0.255. The molecular formula is C18H19BN2O4. The number of para-hydroxylation sites is 1. The lowest BCUT2D eigenvalue weighted by atomic mass is 9.79. The molecule has 0 spiro atoms. The maximum atomic E-state index is 12.3. The molecule has 25 heavy (non-hydrogen) atoms. The fraction of sp³-hybridized carbons (Fsp3) is 0.222. The van der Waals surface area contributed by atoms with Crippen LogP contribution in [0.2, 0.25) is 0 Å². The third-order valence-corrected chi connectivity index (χ3v) is 3.93. The van der Waals surface area contributed by atoms with Crippen LogP contribution in [-0.4, -0.2) is 33.7 Å². The van der Waals surface area contributed by atoms with Gasteiger partial charge in [-0.15, -0.1) is 0 Å². The van der Waals surface area contributed by atoms with E-state index < -0.39 is 7.12 Å². The van der Waals surface area contributed by atoms with E-state index in [0.717, 1.165) is 12.8 Å². The summed E-state index contributed by atoms with van der Waals surface area (Å²) in [5.74, 6) is 0.869. The number of benzene rings is 2. The molecule has 0 fully saturated rings. The lowest BCUT2D eigenvalue weighted by Gasteiger charge is -2.13. The zero-order valence-corrected chi connectivity index (χ0v) is 13.9. The lowest BCUT2D eigenvalue weighted by molar-refractivity contribution is 0.310. The minimum atomic E-state index is -1.62. The second-order valence-corrected chi connectivity index (χ2v) is 5.76. The van der Waals surface area contributed by atoms with E-state index >= 15 is 0 Å². The van der Waals surface area contributed by atoms with Crippen LogP contribution in [0.25, 0.3) is 22.3 Å². The summed E-state index contributed by atoms with van der Waals surface area (Å²) in [7, 11) is -1.62. The van der Waals surface area contributed by atoms with Crippen molar-refractivity contribution in [2.24, 2.45) is 0 Å². The standard InChI is InChI=1S/C18H19BN2O4/c1-2-3-10-25-16-9-8-12(19(23)24)11-14(16)17-20-15-7-5-4-6-13(15)18(22)21-17/h4-9,11,23-24H,2-3,10H2,1H3,(H,20,21,22). The number of rotatable bonds is 6. The van der Waals surface area contributed by atoms with Gasteiger partial charge in [0.25, 0.3) is 5.56 Å². The van der Waals surface area contributed by atoms with E-state index in [1.165, 1.54) is 0 Å². The van der Waals surface area contributed by atoms with Crippen molar-refractivity contribution in [3.8, 4) is 17.1 Å². The number of aromatic nitrogens is 2. The van der Waals surface area contributed by atoms with E-state index in [2.05, 4.69) is 16.9 Å². The van der Waals surface area contributed by atoms with Crippen LogP contribution in [0.5, 0.6) is 5.75 Å². The number of H-pyrrole nitrogens is 1. The highest BCUT2D eigenvalue weighted by atomic mass is 16.5. The SMILES string of the molecule is CCCCOc1ccc(B(O)O)cc1-c1nc2ccccc2c(=O)[nH]1. The van der Waals surface area contributed by atoms with Gasteiger partial charge in [-0.25, -0.2) is 4.98 Å². The van der Waals surface area contributed by atoms with E-state index in [4.69, 9.17) is 4.74 Å². The molecule has 7 heteroatoms. The summed E-state index contributed by atoms with van der Waals surface area (Å²) in [6.45, 7) is 2.60. The summed E-state index contributed by atoms with van der Waals surface area (Å²) in [6.07, 6.45) is 1.89. The lowest BCUT2D eigenvalue weighted by Crippen LogP contribution is -2.30. The van der Waals surface area contributed by atoms with E-state index in [9.17, 15) is 14.8 Å². The Hall–Kier alpha value is -2.64. The van der Waals surface area contributed by atoms with Gasteiger partial charge in [-0.1, -0.05) is 31.5 Å². The molecular weight excluding hydrogens is 319 g/mol. The molecule has 0 aliphatic rings. The van der Waals surface area contributed by atoms with E-state index in [0.29, 0.717) is 40.1 Å². The first kappa shape index (κ1) is 17.2. The van der Waals surface area contributed by atoms with Crippen molar-refractivity contribution >= 4 is 23.5 Å². The molecule has 0 saturated heterocycles. The number of nitrogens with one attached hydrogen (secondary N) is 1. The number of ether oxygens (including phenoxy) is 1. The van der Waals surface area contributed by atoms with Gasteiger partial charge < -0.3 is 19.8 Å². The molecule has 0 bridgehead atoms. The highest BCUT2D eigenvalue weighted by Crippen LogP contribution is 2.27. The molecule has 6 nitrogen and oxygen atoms in total. The normalized spacial score (nSPS) is 10.8. The summed E-state index contributed by atoms with van der Waals surface area (Å²) in [5, 5.41) is 19.4. The summed E-state index contributed by atoms with van der Waals surface area (Å²) in [5.41, 5.74) is 1.13. The van der Waals surface area contributed by atoms with E-state index in [1.54, 1.807) is 36.4 Å². The second-order valence-electron chi connectivity index (χ2n) is 5.76. The van der Waals surface area contributed by atoms with E-state index in [1.807, 2.05) is 6.07 Å². The van der Waals surface area contributed by atoms with Crippen molar-refractivity contribution in [3.63, 3.8) is 0 Å². The van der Waals surface area contributed by atoms with Gasteiger partial charge in [0.05, 0.1) is 23.1 Å². The van der Waals surface area contributed by atoms with Crippen molar-refractivity contribution in [1.82, 2.24) is 9.97 Å². The third-order valence-electron chi connectivity index (χ3n) is 3.93. The van der Waals surface area contributed by atoms with Crippen LogP contribution in [-0.2, 0) is 0 Å². The predicted molar refractivity (Wildman–Crippen MR) is 98.0 cm³/mol. The Morgan fingerprint density at radius 3 is 2.76 bits per heavy atom. The molecule has 0 aliphatic heterocycles. The molecule has 2 aromatic carbocycles. The zero-order chi connectivity index (χ0) is 17.8.